The number of aromatic nitrogens is 1. The zero-order chi connectivity index (χ0) is 21.8. The van der Waals surface area contributed by atoms with Crippen molar-refractivity contribution in [1.29, 1.82) is 0 Å². The fourth-order valence-electron chi connectivity index (χ4n) is 3.71. The SMILES string of the molecule is COc1ccccc1-c1cnc2c(c1)C(=O)N([C@H](C)CO)C[C@H](C)[C@@H](CN(C)C)O2. The van der Waals surface area contributed by atoms with Crippen molar-refractivity contribution >= 4 is 5.91 Å². The zero-order valence-electron chi connectivity index (χ0n) is 18.3. The highest BCUT2D eigenvalue weighted by atomic mass is 16.5. The van der Waals surface area contributed by atoms with Gasteiger partial charge in [-0.1, -0.05) is 25.1 Å². The van der Waals surface area contributed by atoms with Crippen LogP contribution in [0.2, 0.25) is 0 Å². The van der Waals surface area contributed by atoms with Gasteiger partial charge >= 0.3 is 0 Å². The van der Waals surface area contributed by atoms with Crippen LogP contribution in [0.15, 0.2) is 36.5 Å². The van der Waals surface area contributed by atoms with E-state index in [-0.39, 0.29) is 30.6 Å². The number of methoxy groups -OCH3 is 1. The molecule has 0 spiro atoms. The molecule has 2 heterocycles. The molecule has 1 aliphatic rings. The molecule has 0 fully saturated rings. The summed E-state index contributed by atoms with van der Waals surface area (Å²) in [5, 5.41) is 9.75. The second-order valence-corrected chi connectivity index (χ2v) is 8.16. The number of aliphatic hydroxyl groups excluding tert-OH is 1. The predicted octanol–water partition coefficient (Wildman–Crippen LogP) is 2.54. The van der Waals surface area contributed by atoms with Crippen LogP contribution in [0.25, 0.3) is 11.1 Å². The van der Waals surface area contributed by atoms with E-state index in [1.165, 1.54) is 0 Å². The van der Waals surface area contributed by atoms with Gasteiger partial charge < -0.3 is 24.4 Å². The van der Waals surface area contributed by atoms with Gasteiger partial charge in [0.05, 0.1) is 19.8 Å². The van der Waals surface area contributed by atoms with E-state index in [2.05, 4.69) is 16.8 Å². The summed E-state index contributed by atoms with van der Waals surface area (Å²) in [7, 11) is 5.60. The van der Waals surface area contributed by atoms with Crippen LogP contribution < -0.4 is 9.47 Å². The molecule has 1 aromatic carbocycles. The Bertz CT molecular complexity index is 887. The maximum absolute atomic E-state index is 13.5. The summed E-state index contributed by atoms with van der Waals surface area (Å²) in [6.07, 6.45) is 1.58. The summed E-state index contributed by atoms with van der Waals surface area (Å²) in [5.41, 5.74) is 2.03. The number of rotatable bonds is 6. The van der Waals surface area contributed by atoms with Crippen LogP contribution in [0, 0.1) is 5.92 Å². The first-order chi connectivity index (χ1) is 14.3. The lowest BCUT2D eigenvalue weighted by Crippen LogP contribution is -2.49. The van der Waals surface area contributed by atoms with Crippen molar-refractivity contribution in [3.8, 4) is 22.8 Å². The molecule has 3 atom stereocenters. The van der Waals surface area contributed by atoms with Crippen molar-refractivity contribution in [2.75, 3.05) is 40.9 Å². The molecule has 7 heteroatoms. The van der Waals surface area contributed by atoms with E-state index in [9.17, 15) is 9.90 Å². The molecule has 0 saturated heterocycles. The molecule has 0 saturated carbocycles. The van der Waals surface area contributed by atoms with E-state index in [4.69, 9.17) is 9.47 Å². The van der Waals surface area contributed by atoms with Crippen LogP contribution in [0.1, 0.15) is 24.2 Å². The third-order valence-electron chi connectivity index (χ3n) is 5.48. The topological polar surface area (TPSA) is 75.1 Å². The second-order valence-electron chi connectivity index (χ2n) is 8.16. The Hall–Kier alpha value is -2.64. The lowest BCUT2D eigenvalue weighted by Gasteiger charge is -2.37. The average Bonchev–Trinajstić information content (AvgIpc) is 2.75. The number of pyridine rings is 1. The summed E-state index contributed by atoms with van der Waals surface area (Å²) in [5.74, 6) is 0.922. The zero-order valence-corrected chi connectivity index (χ0v) is 18.3. The van der Waals surface area contributed by atoms with Crippen LogP contribution in [-0.4, -0.2) is 78.8 Å². The Balaban J connectivity index is 2.10. The predicted molar refractivity (Wildman–Crippen MR) is 116 cm³/mol. The normalized spacial score (nSPS) is 20.2. The Morgan fingerprint density at radius 2 is 2.07 bits per heavy atom. The molecule has 0 aliphatic carbocycles. The van der Waals surface area contributed by atoms with E-state index < -0.39 is 0 Å². The highest BCUT2D eigenvalue weighted by Gasteiger charge is 2.34. The monoisotopic (exact) mass is 413 g/mol. The van der Waals surface area contributed by atoms with E-state index in [0.29, 0.717) is 30.3 Å². The number of likely N-dealkylation sites (N-methyl/N-ethyl adjacent to an activating group) is 1. The van der Waals surface area contributed by atoms with Crippen molar-refractivity contribution in [2.24, 2.45) is 5.92 Å². The van der Waals surface area contributed by atoms with Gasteiger partial charge in [-0.05, 0) is 33.2 Å². The first-order valence-electron chi connectivity index (χ1n) is 10.2. The third-order valence-corrected chi connectivity index (χ3v) is 5.48. The number of hydrogen-bond acceptors (Lipinski definition) is 6. The molecule has 162 valence electrons. The molecule has 0 unspecified atom stereocenters. The molecule has 0 bridgehead atoms. The number of benzene rings is 1. The van der Waals surface area contributed by atoms with Crippen molar-refractivity contribution < 1.29 is 19.4 Å². The Morgan fingerprint density at radius 3 is 2.73 bits per heavy atom. The van der Waals surface area contributed by atoms with E-state index >= 15 is 0 Å². The quantitative estimate of drug-likeness (QED) is 0.785. The number of fused-ring (bicyclic) bond motifs is 1. The van der Waals surface area contributed by atoms with Crippen LogP contribution in [0.4, 0.5) is 0 Å². The number of para-hydroxylation sites is 1. The fourth-order valence-corrected chi connectivity index (χ4v) is 3.71. The first-order valence-corrected chi connectivity index (χ1v) is 10.2. The number of hydrogen-bond donors (Lipinski definition) is 1. The van der Waals surface area contributed by atoms with Crippen LogP contribution in [-0.2, 0) is 0 Å². The van der Waals surface area contributed by atoms with Gasteiger partial charge in [0, 0.05) is 36.3 Å². The lowest BCUT2D eigenvalue weighted by atomic mass is 9.99. The molecule has 1 aromatic heterocycles. The Morgan fingerprint density at radius 1 is 1.33 bits per heavy atom. The molecule has 7 nitrogen and oxygen atoms in total. The van der Waals surface area contributed by atoms with E-state index in [1.54, 1.807) is 18.2 Å². The highest BCUT2D eigenvalue weighted by molar-refractivity contribution is 5.98. The molecule has 2 aromatic rings. The maximum atomic E-state index is 13.5. The standard InChI is InChI=1S/C23H31N3O4/c1-15-12-26(16(2)14-27)23(28)19-10-17(18-8-6-7-9-20(18)29-5)11-24-22(19)30-21(15)13-25(3)4/h6-11,15-16,21,27H,12-14H2,1-5H3/t15-,16+,21+/m0/s1. The van der Waals surface area contributed by atoms with Crippen LogP contribution in [0.5, 0.6) is 11.6 Å². The molecular weight excluding hydrogens is 382 g/mol. The van der Waals surface area contributed by atoms with E-state index in [0.717, 1.165) is 11.1 Å². The van der Waals surface area contributed by atoms with Crippen molar-refractivity contribution in [3.63, 3.8) is 0 Å². The van der Waals surface area contributed by atoms with Gasteiger partial charge in [-0.3, -0.25) is 4.79 Å². The first kappa shape index (κ1) is 22.1. The third kappa shape index (κ3) is 4.57. The molecule has 3 rings (SSSR count). The summed E-state index contributed by atoms with van der Waals surface area (Å²) in [6.45, 7) is 5.01. The van der Waals surface area contributed by atoms with Crippen LogP contribution >= 0.6 is 0 Å². The number of carbonyl (C=O) groups excluding carboxylic acids is 1. The number of carbonyl (C=O) groups is 1. The van der Waals surface area contributed by atoms with Gasteiger partial charge in [-0.25, -0.2) is 4.98 Å². The molecular formula is C23H31N3O4. The lowest BCUT2D eigenvalue weighted by molar-refractivity contribution is 0.0348. The molecule has 1 N–H and O–H groups in total. The average molecular weight is 414 g/mol. The van der Waals surface area contributed by atoms with Crippen LogP contribution in [0.3, 0.4) is 0 Å². The molecule has 0 radical (unpaired) electrons. The smallest absolute Gasteiger partial charge is 0.259 e. The van der Waals surface area contributed by atoms with Gasteiger partial charge in [-0.2, -0.15) is 0 Å². The largest absolute Gasteiger partial charge is 0.496 e. The Labute approximate surface area is 178 Å². The Kier molecular flexibility index (Phi) is 6.95. The minimum absolute atomic E-state index is 0.0780. The minimum Gasteiger partial charge on any atom is -0.496 e. The molecule has 1 amide bonds. The number of nitrogens with zero attached hydrogens (tertiary/aromatic N) is 3. The van der Waals surface area contributed by atoms with Gasteiger partial charge in [0.1, 0.15) is 17.4 Å². The highest BCUT2D eigenvalue weighted by Crippen LogP contribution is 2.34. The number of amides is 1. The van der Waals surface area contributed by atoms with Gasteiger partial charge in [0.25, 0.3) is 5.91 Å². The van der Waals surface area contributed by atoms with Gasteiger partial charge in [-0.15, -0.1) is 0 Å². The minimum atomic E-state index is -0.305. The van der Waals surface area contributed by atoms with E-state index in [1.807, 2.05) is 51.4 Å². The summed E-state index contributed by atoms with van der Waals surface area (Å²) >= 11 is 0. The van der Waals surface area contributed by atoms with Gasteiger partial charge in [0.15, 0.2) is 0 Å². The summed E-state index contributed by atoms with van der Waals surface area (Å²) in [6, 6.07) is 9.13. The van der Waals surface area contributed by atoms with Crippen molar-refractivity contribution in [1.82, 2.24) is 14.8 Å². The summed E-state index contributed by atoms with van der Waals surface area (Å²) in [4.78, 5) is 21.8. The number of ether oxygens (including phenoxy) is 2. The van der Waals surface area contributed by atoms with Crippen molar-refractivity contribution in [2.45, 2.75) is 26.0 Å². The summed E-state index contributed by atoms with van der Waals surface area (Å²) < 4.78 is 11.7. The molecule has 1 aliphatic heterocycles. The van der Waals surface area contributed by atoms with Crippen molar-refractivity contribution in [3.05, 3.63) is 42.1 Å². The number of aliphatic hydroxyl groups is 1. The maximum Gasteiger partial charge on any atom is 0.259 e. The van der Waals surface area contributed by atoms with Gasteiger partial charge in [0.2, 0.25) is 5.88 Å². The second kappa shape index (κ2) is 9.45. The molecule has 30 heavy (non-hydrogen) atoms. The fraction of sp³-hybridized carbons (Fsp3) is 0.478.